The number of pyridine rings is 1. The molecule has 6 heteroatoms. The summed E-state index contributed by atoms with van der Waals surface area (Å²) in [7, 11) is 1.57. The first kappa shape index (κ1) is 13.1. The van der Waals surface area contributed by atoms with Gasteiger partial charge in [-0.25, -0.2) is 0 Å². The molecule has 0 atom stereocenters. The van der Waals surface area contributed by atoms with Crippen LogP contribution in [0, 0.1) is 0 Å². The number of anilines is 1. The molecule has 0 amide bonds. The Kier molecular flexibility index (Phi) is 3.51. The minimum atomic E-state index is 0.401. The molecule has 0 aliphatic heterocycles. The summed E-state index contributed by atoms with van der Waals surface area (Å²) in [5, 5.41) is 3.97. The number of rotatable bonds is 4. The molecule has 3 aromatic rings. The molecular weight excluding hydrogens is 268 g/mol. The van der Waals surface area contributed by atoms with Gasteiger partial charge in [-0.2, -0.15) is 4.98 Å². The van der Waals surface area contributed by atoms with Gasteiger partial charge in [0.1, 0.15) is 5.75 Å². The topological polar surface area (TPSA) is 87.1 Å². The van der Waals surface area contributed by atoms with Gasteiger partial charge in [0, 0.05) is 23.6 Å². The van der Waals surface area contributed by atoms with Gasteiger partial charge in [-0.1, -0.05) is 11.2 Å². The summed E-state index contributed by atoms with van der Waals surface area (Å²) in [6, 6.07) is 11.0. The van der Waals surface area contributed by atoms with Gasteiger partial charge in [0.05, 0.1) is 19.1 Å². The monoisotopic (exact) mass is 282 g/mol. The molecule has 2 N–H and O–H groups in total. The molecular formula is C15H14N4O2. The normalized spacial score (nSPS) is 10.5. The molecule has 0 radical (unpaired) electrons. The van der Waals surface area contributed by atoms with Gasteiger partial charge in [-0.3, -0.25) is 4.98 Å². The first-order chi connectivity index (χ1) is 10.3. The zero-order valence-electron chi connectivity index (χ0n) is 11.5. The van der Waals surface area contributed by atoms with Crippen LogP contribution < -0.4 is 10.5 Å². The Bertz CT molecular complexity index is 740. The van der Waals surface area contributed by atoms with Crippen LogP contribution in [0.15, 0.2) is 47.1 Å². The predicted molar refractivity (Wildman–Crippen MR) is 77.7 cm³/mol. The lowest BCUT2D eigenvalue weighted by Gasteiger charge is -2.05. The molecule has 0 aliphatic carbocycles. The number of hydrogen-bond donors (Lipinski definition) is 1. The van der Waals surface area contributed by atoms with Crippen molar-refractivity contribution in [3.05, 3.63) is 54.1 Å². The number of hydrogen-bond acceptors (Lipinski definition) is 6. The van der Waals surface area contributed by atoms with Crippen LogP contribution in [0.1, 0.15) is 11.5 Å². The van der Waals surface area contributed by atoms with E-state index in [-0.39, 0.29) is 0 Å². The van der Waals surface area contributed by atoms with E-state index in [0.717, 1.165) is 5.69 Å². The zero-order chi connectivity index (χ0) is 14.7. The summed E-state index contributed by atoms with van der Waals surface area (Å²) in [4.78, 5) is 8.61. The van der Waals surface area contributed by atoms with Crippen molar-refractivity contribution in [3.8, 4) is 17.2 Å². The average Bonchev–Trinajstić information content (AvgIpc) is 2.96. The van der Waals surface area contributed by atoms with Crippen molar-refractivity contribution in [2.45, 2.75) is 6.42 Å². The zero-order valence-corrected chi connectivity index (χ0v) is 11.5. The number of ether oxygens (including phenoxy) is 1. The molecule has 0 spiro atoms. The van der Waals surface area contributed by atoms with E-state index in [1.807, 2.05) is 18.2 Å². The Morgan fingerprint density at radius 3 is 2.90 bits per heavy atom. The summed E-state index contributed by atoms with van der Waals surface area (Å²) in [5.74, 6) is 1.57. The fourth-order valence-corrected chi connectivity index (χ4v) is 1.98. The van der Waals surface area contributed by atoms with E-state index in [2.05, 4.69) is 15.1 Å². The number of nitrogens with two attached hydrogens (primary N) is 1. The van der Waals surface area contributed by atoms with Crippen LogP contribution in [-0.2, 0) is 6.42 Å². The largest absolute Gasteiger partial charge is 0.496 e. The molecule has 106 valence electrons. The minimum Gasteiger partial charge on any atom is -0.496 e. The minimum absolute atomic E-state index is 0.401. The van der Waals surface area contributed by atoms with E-state index >= 15 is 0 Å². The molecule has 6 nitrogen and oxygen atoms in total. The van der Waals surface area contributed by atoms with Crippen molar-refractivity contribution in [1.29, 1.82) is 0 Å². The SMILES string of the molecule is COc1cc(N)ccc1-c1nc(Cc2ccccn2)no1. The molecule has 0 unspecified atom stereocenters. The van der Waals surface area contributed by atoms with Crippen LogP contribution in [-0.4, -0.2) is 22.2 Å². The highest BCUT2D eigenvalue weighted by Gasteiger charge is 2.14. The standard InChI is InChI=1S/C15H14N4O2/c1-20-13-8-10(16)5-6-12(13)15-18-14(19-21-15)9-11-4-2-3-7-17-11/h2-8H,9,16H2,1H3. The van der Waals surface area contributed by atoms with E-state index in [1.165, 1.54) is 0 Å². The summed E-state index contributed by atoms with van der Waals surface area (Å²) in [6.07, 6.45) is 2.25. The average molecular weight is 282 g/mol. The van der Waals surface area contributed by atoms with Gasteiger partial charge in [0.15, 0.2) is 5.82 Å². The maximum Gasteiger partial charge on any atom is 0.261 e. The maximum absolute atomic E-state index is 5.73. The van der Waals surface area contributed by atoms with E-state index in [1.54, 1.807) is 31.5 Å². The van der Waals surface area contributed by atoms with Crippen molar-refractivity contribution < 1.29 is 9.26 Å². The molecule has 0 saturated carbocycles. The van der Waals surface area contributed by atoms with Crippen LogP contribution in [0.4, 0.5) is 5.69 Å². The van der Waals surface area contributed by atoms with Gasteiger partial charge in [0.2, 0.25) is 0 Å². The summed E-state index contributed by atoms with van der Waals surface area (Å²) in [5.41, 5.74) is 7.95. The molecule has 2 heterocycles. The van der Waals surface area contributed by atoms with Crippen LogP contribution in [0.5, 0.6) is 5.75 Å². The number of methoxy groups -OCH3 is 1. The Balaban J connectivity index is 1.88. The lowest BCUT2D eigenvalue weighted by Crippen LogP contribution is -1.94. The Labute approximate surface area is 121 Å². The fourth-order valence-electron chi connectivity index (χ4n) is 1.98. The third-order valence-corrected chi connectivity index (χ3v) is 2.99. The van der Waals surface area contributed by atoms with Crippen molar-refractivity contribution in [3.63, 3.8) is 0 Å². The van der Waals surface area contributed by atoms with E-state index in [0.29, 0.717) is 35.1 Å². The van der Waals surface area contributed by atoms with Gasteiger partial charge in [0.25, 0.3) is 5.89 Å². The second-order valence-electron chi connectivity index (χ2n) is 4.47. The number of nitrogens with zero attached hydrogens (tertiary/aromatic N) is 3. The summed E-state index contributed by atoms with van der Waals surface area (Å²) < 4.78 is 10.6. The molecule has 1 aromatic carbocycles. The second-order valence-corrected chi connectivity index (χ2v) is 4.47. The number of benzene rings is 1. The van der Waals surface area contributed by atoms with Crippen LogP contribution in [0.2, 0.25) is 0 Å². The number of nitrogen functional groups attached to an aromatic ring is 1. The van der Waals surface area contributed by atoms with E-state index in [4.69, 9.17) is 15.0 Å². The summed E-state index contributed by atoms with van der Waals surface area (Å²) in [6.45, 7) is 0. The van der Waals surface area contributed by atoms with E-state index < -0.39 is 0 Å². The number of aromatic nitrogens is 3. The molecule has 0 aliphatic rings. The predicted octanol–water partition coefficient (Wildman–Crippen LogP) is 2.31. The van der Waals surface area contributed by atoms with Crippen LogP contribution in [0.25, 0.3) is 11.5 Å². The van der Waals surface area contributed by atoms with Crippen molar-refractivity contribution in [2.75, 3.05) is 12.8 Å². The van der Waals surface area contributed by atoms with Gasteiger partial charge < -0.3 is 15.0 Å². The third kappa shape index (κ3) is 2.84. The molecule has 0 fully saturated rings. The molecule has 0 saturated heterocycles. The van der Waals surface area contributed by atoms with Crippen molar-refractivity contribution in [1.82, 2.24) is 15.1 Å². The highest BCUT2D eigenvalue weighted by Crippen LogP contribution is 2.30. The van der Waals surface area contributed by atoms with Crippen molar-refractivity contribution >= 4 is 5.69 Å². The van der Waals surface area contributed by atoms with Gasteiger partial charge >= 0.3 is 0 Å². The lowest BCUT2D eigenvalue weighted by molar-refractivity contribution is 0.403. The molecule has 21 heavy (non-hydrogen) atoms. The van der Waals surface area contributed by atoms with E-state index in [9.17, 15) is 0 Å². The Morgan fingerprint density at radius 1 is 1.24 bits per heavy atom. The highest BCUT2D eigenvalue weighted by molar-refractivity contribution is 5.66. The van der Waals surface area contributed by atoms with Crippen LogP contribution in [0.3, 0.4) is 0 Å². The molecule has 0 bridgehead atoms. The first-order valence-corrected chi connectivity index (χ1v) is 6.42. The Hall–Kier alpha value is -2.89. The molecule has 3 rings (SSSR count). The van der Waals surface area contributed by atoms with Crippen molar-refractivity contribution in [2.24, 2.45) is 0 Å². The van der Waals surface area contributed by atoms with Gasteiger partial charge in [-0.15, -0.1) is 0 Å². The molecule has 2 aromatic heterocycles. The quantitative estimate of drug-likeness (QED) is 0.739. The lowest BCUT2D eigenvalue weighted by atomic mass is 10.2. The third-order valence-electron chi connectivity index (χ3n) is 2.99. The van der Waals surface area contributed by atoms with Crippen LogP contribution >= 0.6 is 0 Å². The smallest absolute Gasteiger partial charge is 0.261 e. The van der Waals surface area contributed by atoms with Gasteiger partial charge in [-0.05, 0) is 24.3 Å². The maximum atomic E-state index is 5.73. The first-order valence-electron chi connectivity index (χ1n) is 6.42. The Morgan fingerprint density at radius 2 is 2.14 bits per heavy atom. The highest BCUT2D eigenvalue weighted by atomic mass is 16.5. The second kappa shape index (κ2) is 5.62. The summed E-state index contributed by atoms with van der Waals surface area (Å²) >= 11 is 0. The fraction of sp³-hybridized carbons (Fsp3) is 0.133.